The summed E-state index contributed by atoms with van der Waals surface area (Å²) < 4.78 is 39.9. The molecule has 27 heavy (non-hydrogen) atoms. The largest absolute Gasteiger partial charge is 0.416 e. The summed E-state index contributed by atoms with van der Waals surface area (Å²) in [4.78, 5) is 24.5. The molecule has 6 nitrogen and oxygen atoms in total. The average molecular weight is 405 g/mol. The van der Waals surface area contributed by atoms with Crippen LogP contribution in [0, 0.1) is 6.92 Å². The van der Waals surface area contributed by atoms with Crippen molar-refractivity contribution in [1.29, 1.82) is 0 Å². The number of amides is 1. The number of carbonyl (C=O) groups excluding carboxylic acids is 1. The molecule has 3 N–H and O–H groups in total. The van der Waals surface area contributed by atoms with Crippen LogP contribution in [-0.2, 0) is 6.18 Å². The lowest BCUT2D eigenvalue weighted by Crippen LogP contribution is -2.50. The minimum absolute atomic E-state index is 0. The Labute approximate surface area is 160 Å². The monoisotopic (exact) mass is 404 g/mol. The van der Waals surface area contributed by atoms with Gasteiger partial charge in [0, 0.05) is 23.8 Å². The number of hydrogen-bond acceptors (Lipinski definition) is 4. The van der Waals surface area contributed by atoms with Gasteiger partial charge in [-0.1, -0.05) is 6.07 Å². The third-order valence-corrected chi connectivity index (χ3v) is 3.70. The number of carbonyl (C=O) groups is 1. The number of rotatable bonds is 4. The first-order chi connectivity index (χ1) is 11.9. The zero-order valence-corrected chi connectivity index (χ0v) is 15.7. The van der Waals surface area contributed by atoms with Gasteiger partial charge in [-0.25, -0.2) is 4.68 Å². The highest BCUT2D eigenvalue weighted by atomic mass is 35.5. The first kappa shape index (κ1) is 22.7. The van der Waals surface area contributed by atoms with E-state index in [2.05, 4.69) is 10.4 Å². The van der Waals surface area contributed by atoms with Crippen molar-refractivity contribution in [3.8, 4) is 5.69 Å². The summed E-state index contributed by atoms with van der Waals surface area (Å²) in [7, 11) is 0. The van der Waals surface area contributed by atoms with Crippen LogP contribution in [0.3, 0.4) is 0 Å². The summed E-state index contributed by atoms with van der Waals surface area (Å²) in [5, 5.41) is 6.54. The van der Waals surface area contributed by atoms with E-state index in [9.17, 15) is 22.8 Å². The van der Waals surface area contributed by atoms with Crippen molar-refractivity contribution in [2.45, 2.75) is 32.5 Å². The Morgan fingerprint density at radius 3 is 2.44 bits per heavy atom. The van der Waals surface area contributed by atoms with E-state index in [1.54, 1.807) is 13.8 Å². The van der Waals surface area contributed by atoms with Crippen molar-refractivity contribution in [3.63, 3.8) is 0 Å². The molecule has 0 saturated heterocycles. The Morgan fingerprint density at radius 2 is 1.89 bits per heavy atom. The Hall–Kier alpha value is -2.39. The molecule has 1 amide bonds. The third-order valence-electron chi connectivity index (χ3n) is 3.70. The predicted molar refractivity (Wildman–Crippen MR) is 97.4 cm³/mol. The maximum absolute atomic E-state index is 12.9. The van der Waals surface area contributed by atoms with Crippen molar-refractivity contribution in [1.82, 2.24) is 15.1 Å². The molecule has 2 rings (SSSR count). The first-order valence-corrected chi connectivity index (χ1v) is 7.76. The van der Waals surface area contributed by atoms with Crippen LogP contribution in [0.2, 0.25) is 0 Å². The fourth-order valence-corrected chi connectivity index (χ4v) is 2.20. The Morgan fingerprint density at radius 1 is 1.26 bits per heavy atom. The molecule has 148 valence electrons. The second-order valence-corrected chi connectivity index (χ2v) is 6.50. The molecule has 0 aliphatic rings. The molecule has 0 atom stereocenters. The van der Waals surface area contributed by atoms with E-state index in [0.717, 1.165) is 22.9 Å². The van der Waals surface area contributed by atoms with E-state index < -0.39 is 34.3 Å². The van der Waals surface area contributed by atoms with Gasteiger partial charge in [0.05, 0.1) is 11.3 Å². The van der Waals surface area contributed by atoms with Gasteiger partial charge in [0.25, 0.3) is 5.91 Å². The van der Waals surface area contributed by atoms with Crippen LogP contribution in [0.15, 0.2) is 35.1 Å². The van der Waals surface area contributed by atoms with Crippen LogP contribution in [0.5, 0.6) is 0 Å². The van der Waals surface area contributed by atoms with Crippen molar-refractivity contribution < 1.29 is 18.0 Å². The van der Waals surface area contributed by atoms with Crippen LogP contribution in [-0.4, -0.2) is 27.8 Å². The molecule has 0 saturated carbocycles. The fraction of sp³-hybridized carbons (Fsp3) is 0.353. The molecular weight excluding hydrogens is 385 g/mol. The maximum Gasteiger partial charge on any atom is 0.416 e. The van der Waals surface area contributed by atoms with E-state index >= 15 is 0 Å². The molecule has 0 aliphatic carbocycles. The fourth-order valence-electron chi connectivity index (χ4n) is 2.20. The van der Waals surface area contributed by atoms with E-state index in [-0.39, 0.29) is 24.6 Å². The zero-order valence-electron chi connectivity index (χ0n) is 14.9. The topological polar surface area (TPSA) is 90.0 Å². The normalized spacial score (nSPS) is 11.7. The molecule has 1 aromatic carbocycles. The molecule has 0 fully saturated rings. The quantitative estimate of drug-likeness (QED) is 0.819. The molecule has 2 aromatic rings. The summed E-state index contributed by atoms with van der Waals surface area (Å²) >= 11 is 0. The molecule has 0 bridgehead atoms. The number of halogens is 4. The maximum atomic E-state index is 12.9. The number of aryl methyl sites for hydroxylation is 1. The number of nitrogens with zero attached hydrogens (tertiary/aromatic N) is 2. The van der Waals surface area contributed by atoms with Crippen LogP contribution in [0.1, 0.15) is 35.6 Å². The molecule has 1 aromatic heterocycles. The Kier molecular flexibility index (Phi) is 6.79. The molecule has 0 unspecified atom stereocenters. The van der Waals surface area contributed by atoms with Crippen molar-refractivity contribution in [3.05, 3.63) is 57.5 Å². The van der Waals surface area contributed by atoms with Crippen LogP contribution < -0.4 is 16.5 Å². The summed E-state index contributed by atoms with van der Waals surface area (Å²) in [5.74, 6) is -0.744. The lowest BCUT2D eigenvalue weighted by atomic mass is 10.1. The van der Waals surface area contributed by atoms with Gasteiger partial charge in [0.15, 0.2) is 5.69 Å². The zero-order chi connectivity index (χ0) is 19.7. The summed E-state index contributed by atoms with van der Waals surface area (Å²) in [6.45, 7) is 4.99. The number of nitrogens with two attached hydrogens (primary N) is 1. The van der Waals surface area contributed by atoms with Crippen LogP contribution >= 0.6 is 12.4 Å². The second-order valence-electron chi connectivity index (χ2n) is 6.50. The standard InChI is InChI=1S/C17H19F3N4O2.ClH/c1-10-7-13(25)14(15(26)22-16(2,3)9-21)23-24(10)12-6-4-5-11(8-12)17(18,19)20;/h4-8H,9,21H2,1-3H3,(H,22,26);1H. The molecule has 0 radical (unpaired) electrons. The van der Waals surface area contributed by atoms with Gasteiger partial charge in [-0.2, -0.15) is 18.3 Å². The molecular formula is C17H20ClF3N4O2. The van der Waals surface area contributed by atoms with Gasteiger partial charge in [-0.05, 0) is 39.0 Å². The van der Waals surface area contributed by atoms with Crippen LogP contribution in [0.25, 0.3) is 5.69 Å². The number of alkyl halides is 3. The minimum atomic E-state index is -4.52. The summed E-state index contributed by atoms with van der Waals surface area (Å²) in [5.41, 5.74) is 3.26. The number of aromatic nitrogens is 2. The number of nitrogens with one attached hydrogen (secondary N) is 1. The van der Waals surface area contributed by atoms with Gasteiger partial charge in [0.2, 0.25) is 5.43 Å². The van der Waals surface area contributed by atoms with Crippen molar-refractivity contribution >= 4 is 18.3 Å². The lowest BCUT2D eigenvalue weighted by molar-refractivity contribution is -0.137. The van der Waals surface area contributed by atoms with E-state index in [1.807, 2.05) is 0 Å². The van der Waals surface area contributed by atoms with Gasteiger partial charge >= 0.3 is 6.18 Å². The second kappa shape index (κ2) is 8.10. The molecule has 10 heteroatoms. The highest BCUT2D eigenvalue weighted by Crippen LogP contribution is 2.30. The molecule has 0 aliphatic heterocycles. The van der Waals surface area contributed by atoms with Gasteiger partial charge in [0.1, 0.15) is 0 Å². The highest BCUT2D eigenvalue weighted by molar-refractivity contribution is 5.92. The van der Waals surface area contributed by atoms with E-state index in [4.69, 9.17) is 5.73 Å². The number of hydrogen-bond donors (Lipinski definition) is 2. The minimum Gasteiger partial charge on any atom is -0.344 e. The van der Waals surface area contributed by atoms with Crippen LogP contribution in [0.4, 0.5) is 13.2 Å². The van der Waals surface area contributed by atoms with Crippen molar-refractivity contribution in [2.24, 2.45) is 5.73 Å². The first-order valence-electron chi connectivity index (χ1n) is 7.76. The van der Waals surface area contributed by atoms with E-state index in [0.29, 0.717) is 5.69 Å². The lowest BCUT2D eigenvalue weighted by Gasteiger charge is -2.24. The molecule has 0 spiro atoms. The van der Waals surface area contributed by atoms with Crippen molar-refractivity contribution in [2.75, 3.05) is 6.54 Å². The summed E-state index contributed by atoms with van der Waals surface area (Å²) in [6.07, 6.45) is -4.52. The van der Waals surface area contributed by atoms with Gasteiger partial charge in [-0.15, -0.1) is 12.4 Å². The van der Waals surface area contributed by atoms with E-state index in [1.165, 1.54) is 19.1 Å². The van der Waals surface area contributed by atoms with Gasteiger partial charge < -0.3 is 11.1 Å². The predicted octanol–water partition coefficient (Wildman–Crippen LogP) is 2.45. The smallest absolute Gasteiger partial charge is 0.344 e. The molecule has 1 heterocycles. The van der Waals surface area contributed by atoms with Gasteiger partial charge in [-0.3, -0.25) is 9.59 Å². The summed E-state index contributed by atoms with van der Waals surface area (Å²) in [6, 6.07) is 5.62. The average Bonchev–Trinajstić information content (AvgIpc) is 2.53. The number of benzene rings is 1. The SMILES string of the molecule is Cc1cc(=O)c(C(=O)NC(C)(C)CN)nn1-c1cccc(C(F)(F)F)c1.Cl. The Balaban J connectivity index is 0.00000364. The highest BCUT2D eigenvalue weighted by Gasteiger charge is 2.31. The third kappa shape index (κ3) is 5.30. The Bertz CT molecular complexity index is 894.